The molecule has 0 N–H and O–H groups in total. The summed E-state index contributed by atoms with van der Waals surface area (Å²) in [6.45, 7) is 0.130. The maximum absolute atomic E-state index is 12.1. The number of carbonyl (C=O) groups is 1. The first-order chi connectivity index (χ1) is 13.2. The summed E-state index contributed by atoms with van der Waals surface area (Å²) in [4.78, 5) is 12.1. The summed E-state index contributed by atoms with van der Waals surface area (Å²) >= 11 is 0. The lowest BCUT2D eigenvalue weighted by atomic mass is 10.0. The monoisotopic (exact) mass is 370 g/mol. The summed E-state index contributed by atoms with van der Waals surface area (Å²) in [6.07, 6.45) is 4.67. The van der Waals surface area contributed by atoms with Crippen LogP contribution in [-0.4, -0.2) is 26.8 Å². The SMILES string of the molecule is COCOc1ccc2cc1Oc1cc(ccc1OC)CCCCC(=O)CC2. The summed E-state index contributed by atoms with van der Waals surface area (Å²) < 4.78 is 22.3. The van der Waals surface area contributed by atoms with Gasteiger partial charge >= 0.3 is 0 Å². The third-order valence-corrected chi connectivity index (χ3v) is 4.65. The number of ether oxygens (including phenoxy) is 4. The Morgan fingerprint density at radius 1 is 0.852 bits per heavy atom. The van der Waals surface area contributed by atoms with Gasteiger partial charge in [-0.1, -0.05) is 12.1 Å². The molecule has 0 atom stereocenters. The molecule has 0 saturated carbocycles. The molecular formula is C22H26O5. The molecule has 4 bridgehead atoms. The molecule has 3 rings (SSSR count). The molecule has 144 valence electrons. The van der Waals surface area contributed by atoms with Crippen LogP contribution in [0.15, 0.2) is 36.4 Å². The van der Waals surface area contributed by atoms with E-state index in [1.165, 1.54) is 0 Å². The number of methoxy groups -OCH3 is 2. The molecule has 0 unspecified atom stereocenters. The largest absolute Gasteiger partial charge is 0.493 e. The number of Topliss-reactive ketones (excluding diaryl/α,β-unsaturated/α-hetero) is 1. The second kappa shape index (κ2) is 9.42. The van der Waals surface area contributed by atoms with Crippen molar-refractivity contribution in [1.82, 2.24) is 0 Å². The van der Waals surface area contributed by atoms with Crippen LogP contribution in [0.5, 0.6) is 23.0 Å². The van der Waals surface area contributed by atoms with Crippen LogP contribution in [0, 0.1) is 0 Å². The highest BCUT2D eigenvalue weighted by Gasteiger charge is 2.14. The van der Waals surface area contributed by atoms with Crippen molar-refractivity contribution in [1.29, 1.82) is 0 Å². The number of fused-ring (bicyclic) bond motifs is 4. The van der Waals surface area contributed by atoms with Gasteiger partial charge in [0.25, 0.3) is 0 Å². The van der Waals surface area contributed by atoms with E-state index in [4.69, 9.17) is 18.9 Å². The molecule has 0 spiro atoms. The first-order valence-electron chi connectivity index (χ1n) is 9.30. The number of hydrogen-bond acceptors (Lipinski definition) is 5. The predicted octanol–water partition coefficient (Wildman–Crippen LogP) is 4.70. The van der Waals surface area contributed by atoms with Crippen molar-refractivity contribution in [2.75, 3.05) is 21.0 Å². The maximum Gasteiger partial charge on any atom is 0.188 e. The van der Waals surface area contributed by atoms with Gasteiger partial charge in [-0.3, -0.25) is 4.79 Å². The minimum absolute atomic E-state index is 0.130. The Hall–Kier alpha value is -2.53. The molecular weight excluding hydrogens is 344 g/mol. The molecule has 1 aliphatic rings. The fourth-order valence-corrected chi connectivity index (χ4v) is 3.16. The Kier molecular flexibility index (Phi) is 6.71. The van der Waals surface area contributed by atoms with Crippen molar-refractivity contribution in [3.8, 4) is 23.0 Å². The zero-order valence-electron chi connectivity index (χ0n) is 16.0. The van der Waals surface area contributed by atoms with Crippen molar-refractivity contribution in [3.05, 3.63) is 47.5 Å². The molecule has 0 radical (unpaired) electrons. The molecule has 2 aromatic rings. The summed E-state index contributed by atoms with van der Waals surface area (Å²) in [5, 5.41) is 0. The van der Waals surface area contributed by atoms with Crippen LogP contribution >= 0.6 is 0 Å². The first kappa shape index (κ1) is 19.2. The lowest BCUT2D eigenvalue weighted by Crippen LogP contribution is -2.04. The molecule has 5 heteroatoms. The van der Waals surface area contributed by atoms with Crippen LogP contribution in [-0.2, 0) is 22.4 Å². The molecule has 27 heavy (non-hydrogen) atoms. The van der Waals surface area contributed by atoms with Gasteiger partial charge in [0.1, 0.15) is 5.78 Å². The van der Waals surface area contributed by atoms with E-state index in [-0.39, 0.29) is 6.79 Å². The van der Waals surface area contributed by atoms with E-state index in [0.29, 0.717) is 48.0 Å². The second-order valence-electron chi connectivity index (χ2n) is 6.67. The molecule has 1 aliphatic heterocycles. The van der Waals surface area contributed by atoms with Gasteiger partial charge < -0.3 is 18.9 Å². The highest BCUT2D eigenvalue weighted by molar-refractivity contribution is 5.78. The van der Waals surface area contributed by atoms with Gasteiger partial charge in [-0.15, -0.1) is 0 Å². The van der Waals surface area contributed by atoms with E-state index in [0.717, 1.165) is 30.4 Å². The molecule has 5 nitrogen and oxygen atoms in total. The third-order valence-electron chi connectivity index (χ3n) is 4.65. The Labute approximate surface area is 160 Å². The van der Waals surface area contributed by atoms with E-state index < -0.39 is 0 Å². The van der Waals surface area contributed by atoms with Crippen LogP contribution in [0.4, 0.5) is 0 Å². The van der Waals surface area contributed by atoms with Crippen molar-refractivity contribution in [2.24, 2.45) is 0 Å². The number of carbonyl (C=O) groups excluding carboxylic acids is 1. The number of rotatable bonds is 4. The molecule has 0 aromatic heterocycles. The number of ketones is 1. The van der Waals surface area contributed by atoms with Crippen LogP contribution < -0.4 is 14.2 Å². The van der Waals surface area contributed by atoms with Crippen molar-refractivity contribution >= 4 is 5.78 Å². The standard InChI is InChI=1S/C22H26O5/c1-24-15-26-20-12-9-17-7-10-18(23)6-4-3-5-16-8-11-19(25-2)21(13-16)27-22(20)14-17/h8-9,11-14H,3-7,10,15H2,1-2H3. The van der Waals surface area contributed by atoms with Crippen LogP contribution in [0.2, 0.25) is 0 Å². The van der Waals surface area contributed by atoms with E-state index in [9.17, 15) is 4.79 Å². The van der Waals surface area contributed by atoms with Gasteiger partial charge in [-0.05, 0) is 61.1 Å². The van der Waals surface area contributed by atoms with Crippen molar-refractivity contribution in [2.45, 2.75) is 38.5 Å². The Bertz CT molecular complexity index is 784. The lowest BCUT2D eigenvalue weighted by Gasteiger charge is -2.16. The second-order valence-corrected chi connectivity index (χ2v) is 6.67. The Morgan fingerprint density at radius 2 is 1.52 bits per heavy atom. The number of hydrogen-bond donors (Lipinski definition) is 0. The number of benzene rings is 2. The summed E-state index contributed by atoms with van der Waals surface area (Å²) in [6, 6.07) is 11.7. The van der Waals surface area contributed by atoms with Gasteiger partial charge in [0.05, 0.1) is 7.11 Å². The summed E-state index contributed by atoms with van der Waals surface area (Å²) in [7, 11) is 3.20. The quantitative estimate of drug-likeness (QED) is 0.730. The normalized spacial score (nSPS) is 14.8. The van der Waals surface area contributed by atoms with E-state index >= 15 is 0 Å². The van der Waals surface area contributed by atoms with Gasteiger partial charge in [-0.2, -0.15) is 0 Å². The third kappa shape index (κ3) is 5.23. The van der Waals surface area contributed by atoms with Crippen molar-refractivity contribution in [3.63, 3.8) is 0 Å². The molecule has 0 amide bonds. The average Bonchev–Trinajstić information content (AvgIpc) is 2.68. The zero-order chi connectivity index (χ0) is 19.1. The molecule has 1 heterocycles. The first-order valence-corrected chi connectivity index (χ1v) is 9.30. The smallest absolute Gasteiger partial charge is 0.188 e. The van der Waals surface area contributed by atoms with E-state index in [1.807, 2.05) is 36.4 Å². The highest BCUT2D eigenvalue weighted by Crippen LogP contribution is 2.38. The lowest BCUT2D eigenvalue weighted by molar-refractivity contribution is -0.119. The van der Waals surface area contributed by atoms with Gasteiger partial charge in [0.2, 0.25) is 0 Å². The van der Waals surface area contributed by atoms with Gasteiger partial charge in [-0.25, -0.2) is 0 Å². The Morgan fingerprint density at radius 3 is 2.26 bits per heavy atom. The number of aryl methyl sites for hydroxylation is 2. The molecule has 0 fully saturated rings. The fourth-order valence-electron chi connectivity index (χ4n) is 3.16. The predicted molar refractivity (Wildman–Crippen MR) is 103 cm³/mol. The van der Waals surface area contributed by atoms with Gasteiger partial charge in [0.15, 0.2) is 29.8 Å². The fraction of sp³-hybridized carbons (Fsp3) is 0.409. The van der Waals surface area contributed by atoms with Gasteiger partial charge in [0, 0.05) is 20.0 Å². The molecule has 2 aromatic carbocycles. The van der Waals surface area contributed by atoms with Crippen LogP contribution in [0.25, 0.3) is 0 Å². The Balaban J connectivity index is 1.98. The maximum atomic E-state index is 12.1. The van der Waals surface area contributed by atoms with E-state index in [1.54, 1.807) is 14.2 Å². The minimum atomic E-state index is 0.130. The van der Waals surface area contributed by atoms with E-state index in [2.05, 4.69) is 0 Å². The topological polar surface area (TPSA) is 54.0 Å². The minimum Gasteiger partial charge on any atom is -0.493 e. The van der Waals surface area contributed by atoms with Crippen molar-refractivity contribution < 1.29 is 23.7 Å². The highest BCUT2D eigenvalue weighted by atomic mass is 16.7. The zero-order valence-corrected chi connectivity index (χ0v) is 16.0. The average molecular weight is 370 g/mol. The van der Waals surface area contributed by atoms with Crippen LogP contribution in [0.1, 0.15) is 36.8 Å². The molecule has 0 saturated heterocycles. The summed E-state index contributed by atoms with van der Waals surface area (Å²) in [5.74, 6) is 2.81. The van der Waals surface area contributed by atoms with Crippen LogP contribution in [0.3, 0.4) is 0 Å². The summed E-state index contributed by atoms with van der Waals surface area (Å²) in [5.41, 5.74) is 2.20. The molecule has 0 aliphatic carbocycles.